The Bertz CT molecular complexity index is 578. The van der Waals surface area contributed by atoms with Crippen molar-refractivity contribution in [2.45, 2.75) is 0 Å². The van der Waals surface area contributed by atoms with Gasteiger partial charge in [0.1, 0.15) is 0 Å². The van der Waals surface area contributed by atoms with Crippen LogP contribution < -0.4 is 0 Å². The number of hydrogen-bond acceptors (Lipinski definition) is 0. The second kappa shape index (κ2) is 9.69. The van der Waals surface area contributed by atoms with E-state index in [2.05, 4.69) is 55.1 Å². The van der Waals surface area contributed by atoms with Crippen LogP contribution in [0.1, 0.15) is 5.56 Å². The lowest BCUT2D eigenvalue weighted by molar-refractivity contribution is 1.62. The molecule has 0 heterocycles. The van der Waals surface area contributed by atoms with Crippen molar-refractivity contribution in [2.75, 3.05) is 0 Å². The summed E-state index contributed by atoms with van der Waals surface area (Å²) in [6.07, 6.45) is 1.83. The van der Waals surface area contributed by atoms with Crippen molar-refractivity contribution >= 4 is 16.0 Å². The van der Waals surface area contributed by atoms with Gasteiger partial charge in [0.05, 0.1) is 0 Å². The third-order valence-corrected chi connectivity index (χ3v) is 2.92. The van der Waals surface area contributed by atoms with Crippen molar-refractivity contribution in [3.63, 3.8) is 0 Å². The fourth-order valence-electron chi connectivity index (χ4n) is 1.85. The van der Waals surface area contributed by atoms with Gasteiger partial charge in [0.15, 0.2) is 0 Å². The minimum atomic E-state index is 0. The maximum absolute atomic E-state index is 3.63. The van der Waals surface area contributed by atoms with Gasteiger partial charge in [-0.15, -0.1) is 0 Å². The average molecular weight is 292 g/mol. The number of benzene rings is 3. The Kier molecular flexibility index (Phi) is 7.79. The third kappa shape index (κ3) is 5.77. The largest absolute Gasteiger partial charge is 0.153 e. The molecule has 0 nitrogen and oxygen atoms in total. The van der Waals surface area contributed by atoms with Gasteiger partial charge in [0, 0.05) is 0 Å². The van der Waals surface area contributed by atoms with Crippen molar-refractivity contribution in [1.82, 2.24) is 0 Å². The Balaban J connectivity index is 0.000000216. The van der Waals surface area contributed by atoms with Crippen LogP contribution in [0.5, 0.6) is 0 Å². The molecule has 0 saturated heterocycles. The van der Waals surface area contributed by atoms with E-state index >= 15 is 0 Å². The molecule has 0 fully saturated rings. The average Bonchev–Trinajstić information content (AvgIpc) is 2.58. The van der Waals surface area contributed by atoms with E-state index in [9.17, 15) is 0 Å². The fourth-order valence-corrected chi connectivity index (χ4v) is 1.85. The summed E-state index contributed by atoms with van der Waals surface area (Å²) in [6.45, 7) is 3.63. The second-order valence-electron chi connectivity index (χ2n) is 4.35. The first-order valence-corrected chi connectivity index (χ1v) is 6.68. The normalized spacial score (nSPS) is 8.76. The van der Waals surface area contributed by atoms with Gasteiger partial charge in [-0.05, 0) is 16.7 Å². The van der Waals surface area contributed by atoms with Crippen LogP contribution in [-0.2, 0) is 0 Å². The molecule has 0 bridgehead atoms. The van der Waals surface area contributed by atoms with E-state index in [-0.39, 0.29) is 9.90 Å². The molecule has 0 saturated carbocycles. The molecular formula is C20H21P. The minimum Gasteiger partial charge on any atom is -0.153 e. The molecule has 1 heteroatoms. The molecule has 21 heavy (non-hydrogen) atoms. The molecule has 3 rings (SSSR count). The number of hydrogen-bond donors (Lipinski definition) is 0. The monoisotopic (exact) mass is 292 g/mol. The van der Waals surface area contributed by atoms with Gasteiger partial charge in [-0.1, -0.05) is 104 Å². The van der Waals surface area contributed by atoms with E-state index in [4.69, 9.17) is 0 Å². The molecule has 3 aromatic rings. The topological polar surface area (TPSA) is 0 Å². The lowest BCUT2D eigenvalue weighted by Gasteiger charge is -1.98. The van der Waals surface area contributed by atoms with Gasteiger partial charge >= 0.3 is 0 Å². The van der Waals surface area contributed by atoms with Crippen LogP contribution in [-0.4, -0.2) is 0 Å². The molecular weight excluding hydrogens is 271 g/mol. The molecule has 0 aliphatic rings. The zero-order chi connectivity index (χ0) is 14.0. The summed E-state index contributed by atoms with van der Waals surface area (Å²) in [6, 6.07) is 30.8. The Morgan fingerprint density at radius 3 is 1.14 bits per heavy atom. The van der Waals surface area contributed by atoms with Crippen LogP contribution in [0.25, 0.3) is 17.2 Å². The SMILES string of the molecule is C=Cc1ccccc1.P.c1ccc(-c2ccccc2)cc1. The summed E-state index contributed by atoms with van der Waals surface area (Å²) in [7, 11) is 0. The van der Waals surface area contributed by atoms with E-state index in [0.29, 0.717) is 0 Å². The van der Waals surface area contributed by atoms with E-state index in [1.54, 1.807) is 0 Å². The molecule has 0 amide bonds. The van der Waals surface area contributed by atoms with Crippen LogP contribution in [0.4, 0.5) is 0 Å². The highest BCUT2D eigenvalue weighted by molar-refractivity contribution is 6.92. The Labute approximate surface area is 130 Å². The molecule has 0 aromatic heterocycles. The van der Waals surface area contributed by atoms with Crippen molar-refractivity contribution in [2.24, 2.45) is 0 Å². The number of rotatable bonds is 2. The summed E-state index contributed by atoms with van der Waals surface area (Å²) >= 11 is 0. The zero-order valence-corrected chi connectivity index (χ0v) is 13.6. The van der Waals surface area contributed by atoms with Crippen molar-refractivity contribution < 1.29 is 0 Å². The molecule has 106 valence electrons. The van der Waals surface area contributed by atoms with Gasteiger partial charge in [-0.3, -0.25) is 0 Å². The molecule has 0 aliphatic heterocycles. The minimum absolute atomic E-state index is 0. The molecule has 0 N–H and O–H groups in total. The van der Waals surface area contributed by atoms with E-state index in [0.717, 1.165) is 0 Å². The van der Waals surface area contributed by atoms with E-state index < -0.39 is 0 Å². The van der Waals surface area contributed by atoms with Crippen LogP contribution in [0.3, 0.4) is 0 Å². The van der Waals surface area contributed by atoms with Gasteiger partial charge in [0.25, 0.3) is 0 Å². The molecule has 0 spiro atoms. The van der Waals surface area contributed by atoms with Crippen LogP contribution in [0.2, 0.25) is 0 Å². The van der Waals surface area contributed by atoms with Gasteiger partial charge < -0.3 is 0 Å². The zero-order valence-electron chi connectivity index (χ0n) is 12.2. The third-order valence-electron chi connectivity index (χ3n) is 2.92. The highest BCUT2D eigenvalue weighted by Crippen LogP contribution is 2.17. The second-order valence-corrected chi connectivity index (χ2v) is 4.35. The van der Waals surface area contributed by atoms with Crippen molar-refractivity contribution in [3.05, 3.63) is 103 Å². The van der Waals surface area contributed by atoms with Gasteiger partial charge in [0.2, 0.25) is 0 Å². The summed E-state index contributed by atoms with van der Waals surface area (Å²) < 4.78 is 0. The molecule has 1 atom stereocenters. The van der Waals surface area contributed by atoms with Crippen LogP contribution in [0.15, 0.2) is 97.6 Å². The smallest absolute Gasteiger partial charge is 0.0184 e. The lowest BCUT2D eigenvalue weighted by Crippen LogP contribution is -1.73. The lowest BCUT2D eigenvalue weighted by atomic mass is 10.1. The molecule has 0 aliphatic carbocycles. The predicted octanol–water partition coefficient (Wildman–Crippen LogP) is 5.74. The van der Waals surface area contributed by atoms with Gasteiger partial charge in [-0.2, -0.15) is 9.90 Å². The van der Waals surface area contributed by atoms with Crippen LogP contribution >= 0.6 is 9.90 Å². The van der Waals surface area contributed by atoms with Crippen molar-refractivity contribution in [3.8, 4) is 11.1 Å². The first-order valence-electron chi connectivity index (χ1n) is 6.68. The molecule has 0 radical (unpaired) electrons. The first-order chi connectivity index (χ1) is 9.90. The van der Waals surface area contributed by atoms with E-state index in [1.165, 1.54) is 16.7 Å². The van der Waals surface area contributed by atoms with Gasteiger partial charge in [-0.25, -0.2) is 0 Å². The Morgan fingerprint density at radius 2 is 0.857 bits per heavy atom. The predicted molar refractivity (Wildman–Crippen MR) is 99.5 cm³/mol. The summed E-state index contributed by atoms with van der Waals surface area (Å²) in [5.41, 5.74) is 3.73. The van der Waals surface area contributed by atoms with Crippen LogP contribution in [0, 0.1) is 0 Å². The molecule has 1 unspecified atom stereocenters. The summed E-state index contributed by atoms with van der Waals surface area (Å²) in [4.78, 5) is 0. The summed E-state index contributed by atoms with van der Waals surface area (Å²) in [5, 5.41) is 0. The maximum atomic E-state index is 3.63. The fraction of sp³-hybridized carbons (Fsp3) is 0. The highest BCUT2D eigenvalue weighted by atomic mass is 31.0. The molecule has 3 aromatic carbocycles. The maximum Gasteiger partial charge on any atom is -0.0184 e. The quantitative estimate of drug-likeness (QED) is 0.528. The highest BCUT2D eigenvalue weighted by Gasteiger charge is 1.91. The van der Waals surface area contributed by atoms with Crippen molar-refractivity contribution in [1.29, 1.82) is 0 Å². The Hall–Kier alpha value is -2.17. The van der Waals surface area contributed by atoms with E-state index in [1.807, 2.05) is 48.5 Å². The Morgan fingerprint density at radius 1 is 0.524 bits per heavy atom. The standard InChI is InChI=1S/C12H10.C8H8.H3P/c1-3-7-11(8-4-1)12-9-5-2-6-10-12;1-2-8-6-4-3-5-7-8;/h1-10H;2-7H,1H2;1H3. The summed E-state index contributed by atoms with van der Waals surface area (Å²) in [5.74, 6) is 0. The first kappa shape index (κ1) is 16.9.